The zero-order valence-electron chi connectivity index (χ0n) is 18.5. The summed E-state index contributed by atoms with van der Waals surface area (Å²) in [5.41, 5.74) is 0.0317. The molecule has 0 spiro atoms. The van der Waals surface area contributed by atoms with Gasteiger partial charge < -0.3 is 10.2 Å². The van der Waals surface area contributed by atoms with E-state index >= 15 is 0 Å². The van der Waals surface area contributed by atoms with Crippen LogP contribution in [0, 0.1) is 5.82 Å². The Bertz CT molecular complexity index is 1350. The molecular weight excluding hydrogens is 461 g/mol. The minimum absolute atomic E-state index is 0.0622. The van der Waals surface area contributed by atoms with Crippen molar-refractivity contribution in [3.05, 3.63) is 82.5 Å². The summed E-state index contributed by atoms with van der Waals surface area (Å²) in [6, 6.07) is 13.6. The monoisotopic (exact) mass is 485 g/mol. The second-order valence-corrected chi connectivity index (χ2v) is 9.70. The van der Waals surface area contributed by atoms with Crippen LogP contribution in [0.4, 0.5) is 10.1 Å². The van der Waals surface area contributed by atoms with Gasteiger partial charge in [-0.2, -0.15) is 14.1 Å². The number of hydrogen-bond donors (Lipinski definition) is 1. The molecule has 3 aromatic rings. The molecular formula is C23H24FN5O4S. The van der Waals surface area contributed by atoms with Crippen molar-refractivity contribution in [2.24, 2.45) is 0 Å². The summed E-state index contributed by atoms with van der Waals surface area (Å²) in [4.78, 5) is 27.2. The van der Waals surface area contributed by atoms with Crippen LogP contribution in [0.3, 0.4) is 0 Å². The Kier molecular flexibility index (Phi) is 6.87. The number of hydrogen-bond acceptors (Lipinski definition) is 6. The number of sulfonamides is 1. The van der Waals surface area contributed by atoms with Crippen molar-refractivity contribution in [1.29, 1.82) is 0 Å². The molecule has 1 aliphatic heterocycles. The lowest BCUT2D eigenvalue weighted by molar-refractivity contribution is 0.102. The molecule has 1 aliphatic rings. The van der Waals surface area contributed by atoms with Crippen molar-refractivity contribution in [2.45, 2.75) is 11.8 Å². The number of anilines is 1. The Labute approximate surface area is 196 Å². The van der Waals surface area contributed by atoms with Gasteiger partial charge >= 0.3 is 0 Å². The van der Waals surface area contributed by atoms with Crippen LogP contribution in [0.1, 0.15) is 17.4 Å². The van der Waals surface area contributed by atoms with E-state index in [1.165, 1.54) is 52.8 Å². The second-order valence-electron chi connectivity index (χ2n) is 7.77. The predicted octanol–water partition coefficient (Wildman–Crippen LogP) is 1.95. The lowest BCUT2D eigenvalue weighted by Gasteiger charge is -2.33. The van der Waals surface area contributed by atoms with Gasteiger partial charge in [-0.05, 0) is 55.1 Å². The average molecular weight is 486 g/mol. The standard InChI is InChI=1S/C23H24FN5O4S/c1-2-27-12-14-28(15-13-27)34(32,33)20-5-3-4-18(16-20)25-23(31)21-10-11-22(30)29(26-21)19-8-6-17(24)7-9-19/h3-11,16H,2,12-15H2,1H3,(H,25,31). The fraction of sp³-hybridized carbons (Fsp3) is 0.261. The van der Waals surface area contributed by atoms with E-state index in [1.54, 1.807) is 12.1 Å². The maximum atomic E-state index is 13.2. The van der Waals surface area contributed by atoms with Gasteiger partial charge in [-0.3, -0.25) is 9.59 Å². The van der Waals surface area contributed by atoms with E-state index in [9.17, 15) is 22.4 Å². The van der Waals surface area contributed by atoms with Gasteiger partial charge in [0.05, 0.1) is 10.6 Å². The summed E-state index contributed by atoms with van der Waals surface area (Å²) < 4.78 is 41.8. The van der Waals surface area contributed by atoms with Crippen LogP contribution in [-0.4, -0.2) is 66.0 Å². The minimum atomic E-state index is -3.70. The molecule has 2 aromatic carbocycles. The molecule has 4 rings (SSSR count). The topological polar surface area (TPSA) is 105 Å². The lowest BCUT2D eigenvalue weighted by atomic mass is 10.3. The van der Waals surface area contributed by atoms with Crippen molar-refractivity contribution in [1.82, 2.24) is 19.0 Å². The number of benzene rings is 2. The number of nitrogens with zero attached hydrogens (tertiary/aromatic N) is 4. The minimum Gasteiger partial charge on any atom is -0.321 e. The summed E-state index contributed by atoms with van der Waals surface area (Å²) in [5.74, 6) is -1.09. The first-order valence-corrected chi connectivity index (χ1v) is 12.2. The molecule has 11 heteroatoms. The smallest absolute Gasteiger partial charge is 0.276 e. The summed E-state index contributed by atoms with van der Waals surface area (Å²) in [7, 11) is -3.70. The molecule has 2 heterocycles. The molecule has 34 heavy (non-hydrogen) atoms. The van der Waals surface area contributed by atoms with Gasteiger partial charge in [0, 0.05) is 37.9 Å². The van der Waals surface area contributed by atoms with Crippen LogP contribution >= 0.6 is 0 Å². The zero-order chi connectivity index (χ0) is 24.3. The highest BCUT2D eigenvalue weighted by Crippen LogP contribution is 2.21. The number of likely N-dealkylation sites (N-methyl/N-ethyl adjacent to an activating group) is 1. The van der Waals surface area contributed by atoms with Crippen molar-refractivity contribution in [3.63, 3.8) is 0 Å². The Balaban J connectivity index is 1.53. The highest BCUT2D eigenvalue weighted by Gasteiger charge is 2.28. The van der Waals surface area contributed by atoms with Gasteiger partial charge in [-0.15, -0.1) is 0 Å². The molecule has 1 aromatic heterocycles. The fourth-order valence-electron chi connectivity index (χ4n) is 3.66. The molecule has 178 valence electrons. The number of piperazine rings is 1. The quantitative estimate of drug-likeness (QED) is 0.572. The van der Waals surface area contributed by atoms with Crippen LogP contribution in [0.5, 0.6) is 0 Å². The number of carbonyl (C=O) groups is 1. The fourth-order valence-corrected chi connectivity index (χ4v) is 5.13. The summed E-state index contributed by atoms with van der Waals surface area (Å²) in [6.07, 6.45) is 0. The Morgan fingerprint density at radius 2 is 1.74 bits per heavy atom. The highest BCUT2D eigenvalue weighted by atomic mass is 32.2. The number of aromatic nitrogens is 2. The Morgan fingerprint density at radius 3 is 2.41 bits per heavy atom. The Hall–Kier alpha value is -3.41. The molecule has 0 atom stereocenters. The molecule has 0 radical (unpaired) electrons. The molecule has 0 unspecified atom stereocenters. The van der Waals surface area contributed by atoms with Gasteiger partial charge in [0.15, 0.2) is 0 Å². The van der Waals surface area contributed by atoms with E-state index in [1.807, 2.05) is 6.92 Å². The van der Waals surface area contributed by atoms with Gasteiger partial charge in [0.2, 0.25) is 10.0 Å². The van der Waals surface area contributed by atoms with E-state index in [2.05, 4.69) is 15.3 Å². The van der Waals surface area contributed by atoms with E-state index in [4.69, 9.17) is 0 Å². The SMILES string of the molecule is CCN1CCN(S(=O)(=O)c2cccc(NC(=O)c3ccc(=O)n(-c4ccc(F)cc4)n3)c2)CC1. The molecule has 0 bridgehead atoms. The molecule has 0 saturated carbocycles. The summed E-state index contributed by atoms with van der Waals surface area (Å²) in [6.45, 7) is 5.06. The predicted molar refractivity (Wildman–Crippen MR) is 125 cm³/mol. The lowest BCUT2D eigenvalue weighted by Crippen LogP contribution is -2.48. The molecule has 1 N–H and O–H groups in total. The number of halogens is 1. The Morgan fingerprint density at radius 1 is 1.03 bits per heavy atom. The molecule has 1 amide bonds. The van der Waals surface area contributed by atoms with E-state index in [-0.39, 0.29) is 16.3 Å². The van der Waals surface area contributed by atoms with Gasteiger partial charge in [0.25, 0.3) is 11.5 Å². The molecule has 1 saturated heterocycles. The third-order valence-corrected chi connectivity index (χ3v) is 7.51. The van der Waals surface area contributed by atoms with E-state index in [0.717, 1.165) is 11.2 Å². The van der Waals surface area contributed by atoms with E-state index < -0.39 is 27.3 Å². The van der Waals surface area contributed by atoms with E-state index in [0.29, 0.717) is 31.9 Å². The molecule has 1 fully saturated rings. The first-order chi connectivity index (χ1) is 16.3. The first kappa shape index (κ1) is 23.7. The van der Waals surface area contributed by atoms with Crippen molar-refractivity contribution in [2.75, 3.05) is 38.0 Å². The molecule has 9 nitrogen and oxygen atoms in total. The number of rotatable bonds is 6. The van der Waals surface area contributed by atoms with Crippen molar-refractivity contribution >= 4 is 21.6 Å². The van der Waals surface area contributed by atoms with Crippen LogP contribution < -0.4 is 10.9 Å². The maximum absolute atomic E-state index is 13.2. The largest absolute Gasteiger partial charge is 0.321 e. The van der Waals surface area contributed by atoms with Gasteiger partial charge in [-0.25, -0.2) is 12.8 Å². The normalized spacial score (nSPS) is 15.2. The van der Waals surface area contributed by atoms with Gasteiger partial charge in [0.1, 0.15) is 11.5 Å². The third-order valence-electron chi connectivity index (χ3n) is 5.61. The van der Waals surface area contributed by atoms with Crippen LogP contribution in [-0.2, 0) is 10.0 Å². The average Bonchev–Trinajstić information content (AvgIpc) is 2.85. The third kappa shape index (κ3) is 5.06. The summed E-state index contributed by atoms with van der Waals surface area (Å²) >= 11 is 0. The number of carbonyl (C=O) groups excluding carboxylic acids is 1. The summed E-state index contributed by atoms with van der Waals surface area (Å²) in [5, 5.41) is 6.70. The second kappa shape index (κ2) is 9.84. The van der Waals surface area contributed by atoms with Gasteiger partial charge in [-0.1, -0.05) is 13.0 Å². The number of amides is 1. The molecule has 0 aliphatic carbocycles. The van der Waals surface area contributed by atoms with Crippen LogP contribution in [0.25, 0.3) is 5.69 Å². The van der Waals surface area contributed by atoms with Crippen LogP contribution in [0.2, 0.25) is 0 Å². The highest BCUT2D eigenvalue weighted by molar-refractivity contribution is 7.89. The van der Waals surface area contributed by atoms with Crippen LogP contribution in [0.15, 0.2) is 70.4 Å². The number of nitrogens with one attached hydrogen (secondary N) is 1. The van der Waals surface area contributed by atoms with Crippen molar-refractivity contribution in [3.8, 4) is 5.69 Å². The van der Waals surface area contributed by atoms with Crippen molar-refractivity contribution < 1.29 is 17.6 Å². The maximum Gasteiger partial charge on any atom is 0.276 e. The first-order valence-electron chi connectivity index (χ1n) is 10.8. The zero-order valence-corrected chi connectivity index (χ0v) is 19.3.